The molecular weight excluding hydrogens is 367 g/mol. The highest BCUT2D eigenvalue weighted by Gasteiger charge is 2.07. The molecule has 0 aliphatic heterocycles. The summed E-state index contributed by atoms with van der Waals surface area (Å²) in [5, 5.41) is 6.29. The number of benzene rings is 2. The van der Waals surface area contributed by atoms with E-state index in [2.05, 4.69) is 10.6 Å². The maximum absolute atomic E-state index is 11.8. The summed E-state index contributed by atoms with van der Waals surface area (Å²) in [4.78, 5) is 23.7. The summed E-state index contributed by atoms with van der Waals surface area (Å²) in [6.45, 7) is 1.98. The summed E-state index contributed by atoms with van der Waals surface area (Å²) in [5.41, 5.74) is 2.44. The van der Waals surface area contributed by atoms with E-state index in [0.717, 1.165) is 11.3 Å². The second-order valence-corrected chi connectivity index (χ2v) is 6.88. The second-order valence-electron chi connectivity index (χ2n) is 5.08. The van der Waals surface area contributed by atoms with Crippen LogP contribution in [-0.4, -0.2) is 23.3 Å². The van der Waals surface area contributed by atoms with Gasteiger partial charge in [-0.05, 0) is 37.3 Å². The van der Waals surface area contributed by atoms with Crippen molar-refractivity contribution in [2.24, 2.45) is 0 Å². The highest BCUT2D eigenvalue weighted by molar-refractivity contribution is 8.00. The highest BCUT2D eigenvalue weighted by Crippen LogP contribution is 2.25. The van der Waals surface area contributed by atoms with Gasteiger partial charge in [0.1, 0.15) is 0 Å². The Hall–Kier alpha value is -1.69. The molecule has 0 radical (unpaired) electrons. The predicted octanol–water partition coefficient (Wildman–Crippen LogP) is 4.61. The van der Waals surface area contributed by atoms with Crippen LogP contribution >= 0.6 is 35.0 Å². The minimum Gasteiger partial charge on any atom is -0.325 e. The van der Waals surface area contributed by atoms with Gasteiger partial charge in [-0.25, -0.2) is 0 Å². The third kappa shape index (κ3) is 6.07. The minimum absolute atomic E-state index is 0.147. The topological polar surface area (TPSA) is 58.2 Å². The van der Waals surface area contributed by atoms with Gasteiger partial charge in [0.25, 0.3) is 0 Å². The lowest BCUT2D eigenvalue weighted by Crippen LogP contribution is -2.18. The molecule has 2 rings (SSSR count). The highest BCUT2D eigenvalue weighted by atomic mass is 35.5. The molecule has 0 unspecified atom stereocenters. The Morgan fingerprint density at radius 2 is 1.42 bits per heavy atom. The lowest BCUT2D eigenvalue weighted by molar-refractivity contribution is -0.114. The van der Waals surface area contributed by atoms with Gasteiger partial charge in [-0.2, -0.15) is 0 Å². The van der Waals surface area contributed by atoms with Crippen molar-refractivity contribution in [3.63, 3.8) is 0 Å². The van der Waals surface area contributed by atoms with E-state index in [4.69, 9.17) is 23.2 Å². The summed E-state index contributed by atoms with van der Waals surface area (Å²) < 4.78 is 0. The van der Waals surface area contributed by atoms with Crippen LogP contribution in [0.2, 0.25) is 10.0 Å². The fourth-order valence-corrected chi connectivity index (χ4v) is 2.76. The van der Waals surface area contributed by atoms with Gasteiger partial charge in [0.15, 0.2) is 0 Å². The number of halogens is 2. The Bertz CT molecular complexity index is 736. The molecule has 126 valence electrons. The molecule has 2 N–H and O–H groups in total. The molecule has 0 aliphatic rings. The Balaban J connectivity index is 1.72. The van der Waals surface area contributed by atoms with E-state index in [-0.39, 0.29) is 23.3 Å². The van der Waals surface area contributed by atoms with E-state index in [1.54, 1.807) is 18.2 Å². The van der Waals surface area contributed by atoms with E-state index in [1.165, 1.54) is 11.8 Å². The fraction of sp³-hybridized carbons (Fsp3) is 0.176. The molecule has 0 aromatic heterocycles. The Kier molecular flexibility index (Phi) is 6.97. The second kappa shape index (κ2) is 8.97. The van der Waals surface area contributed by atoms with Crippen LogP contribution in [0.15, 0.2) is 42.5 Å². The third-order valence-corrected chi connectivity index (χ3v) is 4.68. The van der Waals surface area contributed by atoms with E-state index < -0.39 is 0 Å². The first-order chi connectivity index (χ1) is 11.4. The molecule has 0 bridgehead atoms. The van der Waals surface area contributed by atoms with Crippen molar-refractivity contribution in [2.45, 2.75) is 6.92 Å². The number of carbonyl (C=O) groups excluding carboxylic acids is 2. The van der Waals surface area contributed by atoms with Crippen molar-refractivity contribution in [3.8, 4) is 0 Å². The summed E-state index contributed by atoms with van der Waals surface area (Å²) in [5.74, 6) is 0.0113. The number of amides is 2. The maximum atomic E-state index is 11.8. The Labute approximate surface area is 154 Å². The number of hydrogen-bond acceptors (Lipinski definition) is 3. The summed E-state index contributed by atoms with van der Waals surface area (Å²) in [6.07, 6.45) is 0. The monoisotopic (exact) mass is 382 g/mol. The predicted molar refractivity (Wildman–Crippen MR) is 102 cm³/mol. The smallest absolute Gasteiger partial charge is 0.234 e. The van der Waals surface area contributed by atoms with Crippen LogP contribution in [0.25, 0.3) is 0 Å². The van der Waals surface area contributed by atoms with Gasteiger partial charge < -0.3 is 10.6 Å². The van der Waals surface area contributed by atoms with Crippen molar-refractivity contribution in [1.82, 2.24) is 0 Å². The fourth-order valence-electron chi connectivity index (χ4n) is 1.84. The molecule has 2 aromatic carbocycles. The first kappa shape index (κ1) is 18.6. The number of carbonyl (C=O) groups is 2. The van der Waals surface area contributed by atoms with E-state index in [9.17, 15) is 9.59 Å². The number of hydrogen-bond donors (Lipinski definition) is 2. The van der Waals surface area contributed by atoms with Crippen molar-refractivity contribution in [3.05, 3.63) is 58.1 Å². The first-order valence-corrected chi connectivity index (χ1v) is 9.04. The SMILES string of the molecule is Cc1ccc(NC(=O)CSCC(=O)Nc2ccc(Cl)c(Cl)c2)cc1. The van der Waals surface area contributed by atoms with E-state index >= 15 is 0 Å². The minimum atomic E-state index is -0.207. The van der Waals surface area contributed by atoms with Crippen molar-refractivity contribution >= 4 is 58.2 Å². The lowest BCUT2D eigenvalue weighted by atomic mass is 10.2. The van der Waals surface area contributed by atoms with Crippen LogP contribution in [0.1, 0.15) is 5.56 Å². The van der Waals surface area contributed by atoms with Gasteiger partial charge in [0, 0.05) is 11.4 Å². The molecular formula is C17H16Cl2N2O2S. The van der Waals surface area contributed by atoms with Crippen LogP contribution in [0.5, 0.6) is 0 Å². The first-order valence-electron chi connectivity index (χ1n) is 7.13. The van der Waals surface area contributed by atoms with Crippen molar-refractivity contribution in [1.29, 1.82) is 0 Å². The lowest BCUT2D eigenvalue weighted by Gasteiger charge is -2.07. The number of rotatable bonds is 6. The Morgan fingerprint density at radius 3 is 2.00 bits per heavy atom. The van der Waals surface area contributed by atoms with Crippen LogP contribution < -0.4 is 10.6 Å². The van der Waals surface area contributed by atoms with Crippen molar-refractivity contribution < 1.29 is 9.59 Å². The molecule has 0 aliphatic carbocycles. The molecule has 4 nitrogen and oxygen atoms in total. The molecule has 0 spiro atoms. The standard InChI is InChI=1S/C17H16Cl2N2O2S/c1-11-2-4-12(5-3-11)20-16(22)9-24-10-17(23)21-13-6-7-14(18)15(19)8-13/h2-8H,9-10H2,1H3,(H,20,22)(H,21,23). The van der Waals surface area contributed by atoms with E-state index in [0.29, 0.717) is 15.7 Å². The maximum Gasteiger partial charge on any atom is 0.234 e. The molecule has 7 heteroatoms. The largest absolute Gasteiger partial charge is 0.325 e. The molecule has 0 fully saturated rings. The van der Waals surface area contributed by atoms with Crippen LogP contribution in [-0.2, 0) is 9.59 Å². The van der Waals surface area contributed by atoms with Gasteiger partial charge in [-0.3, -0.25) is 9.59 Å². The number of nitrogens with one attached hydrogen (secondary N) is 2. The van der Waals surface area contributed by atoms with Gasteiger partial charge >= 0.3 is 0 Å². The quantitative estimate of drug-likeness (QED) is 0.766. The van der Waals surface area contributed by atoms with Crippen LogP contribution in [0, 0.1) is 6.92 Å². The van der Waals surface area contributed by atoms with E-state index in [1.807, 2.05) is 31.2 Å². The van der Waals surface area contributed by atoms with Crippen LogP contribution in [0.3, 0.4) is 0 Å². The third-order valence-electron chi connectivity index (χ3n) is 3.00. The molecule has 24 heavy (non-hydrogen) atoms. The molecule has 0 heterocycles. The zero-order chi connectivity index (χ0) is 17.5. The average molecular weight is 383 g/mol. The number of thioether (sulfide) groups is 1. The van der Waals surface area contributed by atoms with Gasteiger partial charge in [-0.1, -0.05) is 40.9 Å². The molecule has 0 saturated heterocycles. The van der Waals surface area contributed by atoms with Crippen LogP contribution in [0.4, 0.5) is 11.4 Å². The number of anilines is 2. The van der Waals surface area contributed by atoms with Crippen molar-refractivity contribution in [2.75, 3.05) is 22.1 Å². The summed E-state index contributed by atoms with van der Waals surface area (Å²) in [7, 11) is 0. The normalized spacial score (nSPS) is 10.3. The summed E-state index contributed by atoms with van der Waals surface area (Å²) >= 11 is 12.9. The zero-order valence-corrected chi connectivity index (χ0v) is 15.3. The zero-order valence-electron chi connectivity index (χ0n) is 12.9. The number of aryl methyl sites for hydroxylation is 1. The van der Waals surface area contributed by atoms with Gasteiger partial charge in [0.05, 0.1) is 21.6 Å². The molecule has 0 atom stereocenters. The Morgan fingerprint density at radius 1 is 0.875 bits per heavy atom. The summed E-state index contributed by atoms with van der Waals surface area (Å²) in [6, 6.07) is 12.4. The molecule has 2 aromatic rings. The average Bonchev–Trinajstić information content (AvgIpc) is 2.53. The molecule has 2 amide bonds. The van der Waals surface area contributed by atoms with Gasteiger partial charge in [-0.15, -0.1) is 11.8 Å². The molecule has 0 saturated carbocycles. The van der Waals surface area contributed by atoms with Gasteiger partial charge in [0.2, 0.25) is 11.8 Å².